The van der Waals surface area contributed by atoms with Crippen molar-refractivity contribution in [3.63, 3.8) is 0 Å². The first-order valence-electron chi connectivity index (χ1n) is 12.2. The fourth-order valence-corrected chi connectivity index (χ4v) is 5.91. The van der Waals surface area contributed by atoms with Crippen LogP contribution in [0.25, 0.3) is 22.3 Å². The second kappa shape index (κ2) is 7.85. The van der Waals surface area contributed by atoms with E-state index in [0.29, 0.717) is 41.6 Å². The van der Waals surface area contributed by atoms with Gasteiger partial charge in [0.05, 0.1) is 0 Å². The van der Waals surface area contributed by atoms with E-state index in [4.69, 9.17) is 5.73 Å². The van der Waals surface area contributed by atoms with Crippen LogP contribution in [0.4, 0.5) is 14.6 Å². The van der Waals surface area contributed by atoms with Gasteiger partial charge in [-0.2, -0.15) is 4.39 Å². The number of carbonyl (C=O) groups excluding carboxylic acids is 1. The van der Waals surface area contributed by atoms with Crippen molar-refractivity contribution in [3.8, 4) is 22.3 Å². The molecule has 0 spiro atoms. The number of fused-ring (bicyclic) bond motifs is 2. The number of likely N-dealkylation sites (tertiary alicyclic amines) is 1. The zero-order valence-corrected chi connectivity index (χ0v) is 19.9. The van der Waals surface area contributed by atoms with E-state index in [9.17, 15) is 9.18 Å². The maximum atomic E-state index is 15.1. The molecule has 3 aromatic rings. The minimum absolute atomic E-state index is 0.0820. The van der Waals surface area contributed by atoms with Crippen LogP contribution in [0, 0.1) is 17.7 Å². The summed E-state index contributed by atoms with van der Waals surface area (Å²) in [4.78, 5) is 18.5. The molecule has 0 unspecified atom stereocenters. The fourth-order valence-electron chi connectivity index (χ4n) is 5.91. The molecule has 0 radical (unpaired) electrons. The minimum atomic E-state index is -0.689. The first kappa shape index (κ1) is 22.2. The van der Waals surface area contributed by atoms with Crippen molar-refractivity contribution in [2.75, 3.05) is 25.4 Å². The van der Waals surface area contributed by atoms with Crippen molar-refractivity contribution in [3.05, 3.63) is 70.9 Å². The van der Waals surface area contributed by atoms with Crippen molar-refractivity contribution in [1.29, 1.82) is 0 Å². The molecule has 1 aromatic heterocycles. The zero-order chi connectivity index (χ0) is 24.5. The summed E-state index contributed by atoms with van der Waals surface area (Å²) < 4.78 is 30.0. The Morgan fingerprint density at radius 1 is 1.09 bits per heavy atom. The number of carbonyl (C=O) groups is 1. The number of hydrogen-bond acceptors (Lipinski definition) is 4. The van der Waals surface area contributed by atoms with Crippen molar-refractivity contribution in [2.24, 2.45) is 5.92 Å². The molecule has 1 amide bonds. The Bertz CT molecular complexity index is 1350. The van der Waals surface area contributed by atoms with Crippen LogP contribution in [0.15, 0.2) is 42.5 Å². The lowest BCUT2D eigenvalue weighted by atomic mass is 9.91. The van der Waals surface area contributed by atoms with Crippen LogP contribution in [0.2, 0.25) is 0 Å². The van der Waals surface area contributed by atoms with Gasteiger partial charge < -0.3 is 11.1 Å². The maximum absolute atomic E-state index is 15.1. The molecule has 3 N–H and O–H groups in total. The van der Waals surface area contributed by atoms with E-state index in [-0.39, 0.29) is 28.3 Å². The number of piperidine rings is 1. The quantitative estimate of drug-likeness (QED) is 0.545. The molecular formula is C28H28F2N4O. The molecule has 2 fully saturated rings. The van der Waals surface area contributed by atoms with E-state index < -0.39 is 11.8 Å². The number of anilines is 1. The third kappa shape index (κ3) is 3.52. The molecule has 2 aromatic carbocycles. The summed E-state index contributed by atoms with van der Waals surface area (Å²) in [6.45, 7) is 7.15. The number of benzene rings is 2. The number of nitrogens with zero attached hydrogens (tertiary/aromatic N) is 2. The summed E-state index contributed by atoms with van der Waals surface area (Å²) in [5.74, 6) is -0.963. The van der Waals surface area contributed by atoms with E-state index >= 15 is 4.39 Å². The number of amides is 1. The van der Waals surface area contributed by atoms with Crippen molar-refractivity contribution in [1.82, 2.24) is 15.2 Å². The Hall–Kier alpha value is -3.32. The van der Waals surface area contributed by atoms with Crippen LogP contribution >= 0.6 is 0 Å². The van der Waals surface area contributed by atoms with Crippen LogP contribution < -0.4 is 11.1 Å². The third-order valence-corrected chi connectivity index (χ3v) is 8.09. The summed E-state index contributed by atoms with van der Waals surface area (Å²) in [5.41, 5.74) is 10.1. The number of halogens is 2. The predicted octanol–water partition coefficient (Wildman–Crippen LogP) is 4.54. The fraction of sp³-hybridized carbons (Fsp3) is 0.357. The smallest absolute Gasteiger partial charge is 0.251 e. The van der Waals surface area contributed by atoms with Gasteiger partial charge in [-0.1, -0.05) is 24.3 Å². The standard InChI is InChI=1S/C28H28F2N4O/c1-15(2)34-13-19-12-28(19,14-34)18-5-3-16(4-6-18)20-10-23(26(31)33-25(20)30)22-9-17-7-8-32-27(35)21(17)11-24(22)29/h3-6,9-11,15,19H,7-8,12-14H2,1-2H3,(H2,31,33)(H,32,35)/t19-,28+/m0/s1. The first-order valence-corrected chi connectivity index (χ1v) is 12.2. The van der Waals surface area contributed by atoms with Gasteiger partial charge in [-0.25, -0.2) is 9.37 Å². The average molecular weight is 475 g/mol. The normalized spacial score (nSPS) is 23.2. The Morgan fingerprint density at radius 3 is 2.57 bits per heavy atom. The monoisotopic (exact) mass is 474 g/mol. The van der Waals surface area contributed by atoms with Crippen LogP contribution in [0.1, 0.15) is 41.8 Å². The van der Waals surface area contributed by atoms with Gasteiger partial charge in [0, 0.05) is 53.3 Å². The molecule has 3 aliphatic rings. The highest BCUT2D eigenvalue weighted by molar-refractivity contribution is 5.97. The van der Waals surface area contributed by atoms with Gasteiger partial charge in [-0.15, -0.1) is 0 Å². The highest BCUT2D eigenvalue weighted by Crippen LogP contribution is 2.59. The van der Waals surface area contributed by atoms with E-state index in [1.54, 1.807) is 12.1 Å². The van der Waals surface area contributed by atoms with Gasteiger partial charge in [-0.3, -0.25) is 9.69 Å². The van der Waals surface area contributed by atoms with E-state index in [1.165, 1.54) is 18.1 Å². The Balaban J connectivity index is 1.35. The summed E-state index contributed by atoms with van der Waals surface area (Å²) in [6, 6.07) is 13.0. The number of nitrogens with one attached hydrogen (secondary N) is 1. The summed E-state index contributed by atoms with van der Waals surface area (Å²) in [5, 5.41) is 2.72. The Labute approximate surface area is 203 Å². The average Bonchev–Trinajstić information content (AvgIpc) is 3.40. The van der Waals surface area contributed by atoms with Gasteiger partial charge in [-0.05, 0) is 67.5 Å². The molecule has 0 bridgehead atoms. The molecule has 1 aliphatic carbocycles. The minimum Gasteiger partial charge on any atom is -0.383 e. The van der Waals surface area contributed by atoms with Crippen molar-refractivity contribution < 1.29 is 13.6 Å². The van der Waals surface area contributed by atoms with E-state index in [0.717, 1.165) is 18.7 Å². The van der Waals surface area contributed by atoms with Gasteiger partial charge in [0.2, 0.25) is 5.95 Å². The molecule has 2 aliphatic heterocycles. The number of aromatic nitrogens is 1. The van der Waals surface area contributed by atoms with Crippen LogP contribution in [-0.4, -0.2) is 41.5 Å². The number of nitrogens with two attached hydrogens (primary N) is 1. The van der Waals surface area contributed by atoms with Gasteiger partial charge in [0.1, 0.15) is 11.6 Å². The SMILES string of the molecule is CC(C)N1C[C@@H]2C[C@]2(c2ccc(-c3cc(-c4cc5c(cc4F)C(=O)NCC5)c(N)nc3F)cc2)C1. The molecule has 6 rings (SSSR count). The Kier molecular flexibility index (Phi) is 4.97. The lowest BCUT2D eigenvalue weighted by molar-refractivity contribution is 0.0945. The topological polar surface area (TPSA) is 71.2 Å². The highest BCUT2D eigenvalue weighted by atomic mass is 19.1. The van der Waals surface area contributed by atoms with Crippen LogP contribution in [-0.2, 0) is 11.8 Å². The van der Waals surface area contributed by atoms with E-state index in [1.807, 2.05) is 12.1 Å². The zero-order valence-electron chi connectivity index (χ0n) is 19.9. The highest BCUT2D eigenvalue weighted by Gasteiger charge is 2.60. The van der Waals surface area contributed by atoms with Crippen LogP contribution in [0.3, 0.4) is 0 Å². The largest absolute Gasteiger partial charge is 0.383 e. The van der Waals surface area contributed by atoms with E-state index in [2.05, 4.69) is 41.2 Å². The number of hydrogen-bond donors (Lipinski definition) is 2. The van der Waals surface area contributed by atoms with Gasteiger partial charge in [0.15, 0.2) is 0 Å². The summed E-state index contributed by atoms with van der Waals surface area (Å²) >= 11 is 0. The second-order valence-electron chi connectivity index (χ2n) is 10.4. The predicted molar refractivity (Wildman–Crippen MR) is 132 cm³/mol. The molecule has 1 saturated heterocycles. The molecule has 180 valence electrons. The molecule has 3 heterocycles. The summed E-state index contributed by atoms with van der Waals surface area (Å²) in [7, 11) is 0. The molecule has 1 saturated carbocycles. The molecule has 5 nitrogen and oxygen atoms in total. The molecule has 7 heteroatoms. The van der Waals surface area contributed by atoms with Crippen molar-refractivity contribution in [2.45, 2.75) is 38.1 Å². The number of nitrogen functional groups attached to an aromatic ring is 1. The lowest BCUT2D eigenvalue weighted by Gasteiger charge is -2.24. The molecular weight excluding hydrogens is 446 g/mol. The third-order valence-electron chi connectivity index (χ3n) is 8.09. The number of pyridine rings is 1. The van der Waals surface area contributed by atoms with Crippen LogP contribution in [0.5, 0.6) is 0 Å². The number of rotatable bonds is 4. The first-order chi connectivity index (χ1) is 16.8. The molecule has 35 heavy (non-hydrogen) atoms. The maximum Gasteiger partial charge on any atom is 0.251 e. The molecule has 2 atom stereocenters. The van der Waals surface area contributed by atoms with Gasteiger partial charge in [0.25, 0.3) is 5.91 Å². The lowest BCUT2D eigenvalue weighted by Crippen LogP contribution is -2.32. The summed E-state index contributed by atoms with van der Waals surface area (Å²) in [6.07, 6.45) is 1.79. The van der Waals surface area contributed by atoms with Crippen molar-refractivity contribution >= 4 is 11.7 Å². The second-order valence-corrected chi connectivity index (χ2v) is 10.4. The van der Waals surface area contributed by atoms with Gasteiger partial charge >= 0.3 is 0 Å². The Morgan fingerprint density at radius 2 is 1.86 bits per heavy atom.